The molecular formula is C14H18N2S. The molecule has 0 aliphatic rings. The molecule has 90 valence electrons. The molecule has 0 atom stereocenters. The summed E-state index contributed by atoms with van der Waals surface area (Å²) in [5.41, 5.74) is 9.31. The number of benzene rings is 1. The molecule has 1 heterocycles. The highest BCUT2D eigenvalue weighted by atomic mass is 32.1. The maximum atomic E-state index is 5.76. The van der Waals surface area contributed by atoms with E-state index in [1.807, 2.05) is 12.1 Å². The fourth-order valence-corrected chi connectivity index (χ4v) is 2.50. The third-order valence-corrected chi connectivity index (χ3v) is 3.50. The van der Waals surface area contributed by atoms with Gasteiger partial charge in [0.25, 0.3) is 0 Å². The fraction of sp³-hybridized carbons (Fsp3) is 0.286. The lowest BCUT2D eigenvalue weighted by atomic mass is 10.1. The van der Waals surface area contributed by atoms with Crippen molar-refractivity contribution in [3.8, 4) is 0 Å². The standard InChI is InChI=1S/C14H18N2S/c1-16(10-13-6-8-17-11-13)7-5-12-3-2-4-14(15)9-12/h2-4,6,8-9,11H,5,7,10,15H2,1H3. The Bertz CT molecular complexity index is 451. The number of nitrogen functional groups attached to an aromatic ring is 1. The summed E-state index contributed by atoms with van der Waals surface area (Å²) in [4.78, 5) is 2.34. The first kappa shape index (κ1) is 12.1. The lowest BCUT2D eigenvalue weighted by molar-refractivity contribution is 0.331. The number of hydrogen-bond donors (Lipinski definition) is 1. The normalized spacial score (nSPS) is 10.9. The summed E-state index contributed by atoms with van der Waals surface area (Å²) in [7, 11) is 2.16. The molecule has 1 aromatic carbocycles. The number of nitrogens with two attached hydrogens (primary N) is 1. The van der Waals surface area contributed by atoms with Crippen molar-refractivity contribution in [1.82, 2.24) is 4.90 Å². The van der Waals surface area contributed by atoms with Crippen LogP contribution in [0.2, 0.25) is 0 Å². The Kier molecular flexibility index (Phi) is 4.18. The van der Waals surface area contributed by atoms with Gasteiger partial charge in [0, 0.05) is 18.8 Å². The van der Waals surface area contributed by atoms with E-state index >= 15 is 0 Å². The van der Waals surface area contributed by atoms with Crippen LogP contribution in [0.3, 0.4) is 0 Å². The van der Waals surface area contributed by atoms with Crippen molar-refractivity contribution >= 4 is 17.0 Å². The van der Waals surface area contributed by atoms with Gasteiger partial charge in [0.2, 0.25) is 0 Å². The molecule has 0 aliphatic heterocycles. The van der Waals surface area contributed by atoms with Crippen molar-refractivity contribution in [2.24, 2.45) is 0 Å². The topological polar surface area (TPSA) is 29.3 Å². The van der Waals surface area contributed by atoms with Crippen LogP contribution in [-0.4, -0.2) is 18.5 Å². The van der Waals surface area contributed by atoms with E-state index in [1.165, 1.54) is 11.1 Å². The molecular weight excluding hydrogens is 228 g/mol. The maximum absolute atomic E-state index is 5.76. The average molecular weight is 246 g/mol. The molecule has 0 radical (unpaired) electrons. The second kappa shape index (κ2) is 5.84. The van der Waals surface area contributed by atoms with Crippen molar-refractivity contribution in [3.05, 3.63) is 52.2 Å². The number of likely N-dealkylation sites (N-methyl/N-ethyl adjacent to an activating group) is 1. The first-order chi connectivity index (χ1) is 8.24. The lowest BCUT2D eigenvalue weighted by Gasteiger charge is -2.15. The second-order valence-electron chi connectivity index (χ2n) is 4.36. The van der Waals surface area contributed by atoms with Gasteiger partial charge < -0.3 is 10.6 Å². The third kappa shape index (κ3) is 3.88. The quantitative estimate of drug-likeness (QED) is 0.822. The summed E-state index contributed by atoms with van der Waals surface area (Å²) >= 11 is 1.75. The van der Waals surface area contributed by atoms with Gasteiger partial charge in [0.05, 0.1) is 0 Å². The zero-order valence-electron chi connectivity index (χ0n) is 10.1. The first-order valence-electron chi connectivity index (χ1n) is 5.78. The summed E-state index contributed by atoms with van der Waals surface area (Å²) in [5, 5.41) is 4.33. The predicted molar refractivity (Wildman–Crippen MR) is 75.2 cm³/mol. The molecule has 0 bridgehead atoms. The van der Waals surface area contributed by atoms with Gasteiger partial charge in [0.15, 0.2) is 0 Å². The molecule has 1 aromatic heterocycles. The number of thiophene rings is 1. The smallest absolute Gasteiger partial charge is 0.0316 e. The van der Waals surface area contributed by atoms with Crippen LogP contribution < -0.4 is 5.73 Å². The van der Waals surface area contributed by atoms with Gasteiger partial charge in [0.1, 0.15) is 0 Å². The van der Waals surface area contributed by atoms with E-state index in [1.54, 1.807) is 11.3 Å². The number of nitrogens with zero attached hydrogens (tertiary/aromatic N) is 1. The summed E-state index contributed by atoms with van der Waals surface area (Å²) < 4.78 is 0. The molecule has 0 spiro atoms. The minimum atomic E-state index is 0.850. The third-order valence-electron chi connectivity index (χ3n) is 2.77. The van der Waals surface area contributed by atoms with Crippen molar-refractivity contribution in [2.75, 3.05) is 19.3 Å². The van der Waals surface area contributed by atoms with E-state index in [-0.39, 0.29) is 0 Å². The van der Waals surface area contributed by atoms with E-state index < -0.39 is 0 Å². The monoisotopic (exact) mass is 246 g/mol. The Balaban J connectivity index is 1.82. The molecule has 2 nitrogen and oxygen atoms in total. The minimum Gasteiger partial charge on any atom is -0.399 e. The molecule has 2 aromatic rings. The highest BCUT2D eigenvalue weighted by molar-refractivity contribution is 7.07. The zero-order valence-corrected chi connectivity index (χ0v) is 10.9. The van der Waals surface area contributed by atoms with Gasteiger partial charge in [-0.15, -0.1) is 0 Å². The van der Waals surface area contributed by atoms with Gasteiger partial charge in [-0.25, -0.2) is 0 Å². The molecule has 2 rings (SSSR count). The highest BCUT2D eigenvalue weighted by Crippen LogP contribution is 2.10. The summed E-state index contributed by atoms with van der Waals surface area (Å²) in [6.07, 6.45) is 1.05. The van der Waals surface area contributed by atoms with Gasteiger partial charge in [-0.05, 0) is 53.6 Å². The van der Waals surface area contributed by atoms with Crippen LogP contribution >= 0.6 is 11.3 Å². The van der Waals surface area contributed by atoms with Crippen molar-refractivity contribution in [3.63, 3.8) is 0 Å². The Labute approximate surface area is 107 Å². The highest BCUT2D eigenvalue weighted by Gasteiger charge is 2.01. The molecule has 17 heavy (non-hydrogen) atoms. The van der Waals surface area contributed by atoms with Crippen LogP contribution in [0.15, 0.2) is 41.1 Å². The van der Waals surface area contributed by atoms with Crippen molar-refractivity contribution in [2.45, 2.75) is 13.0 Å². The SMILES string of the molecule is CN(CCc1cccc(N)c1)Cc1ccsc1. The second-order valence-corrected chi connectivity index (χ2v) is 5.14. The molecule has 0 saturated carbocycles. The Hall–Kier alpha value is -1.32. The van der Waals surface area contributed by atoms with Crippen LogP contribution in [-0.2, 0) is 13.0 Å². The van der Waals surface area contributed by atoms with Gasteiger partial charge in [-0.3, -0.25) is 0 Å². The van der Waals surface area contributed by atoms with Gasteiger partial charge in [-0.1, -0.05) is 12.1 Å². The van der Waals surface area contributed by atoms with Gasteiger partial charge in [-0.2, -0.15) is 11.3 Å². The molecule has 0 amide bonds. The van der Waals surface area contributed by atoms with E-state index in [9.17, 15) is 0 Å². The van der Waals surface area contributed by atoms with E-state index in [0.717, 1.165) is 25.2 Å². The van der Waals surface area contributed by atoms with Gasteiger partial charge >= 0.3 is 0 Å². The summed E-state index contributed by atoms with van der Waals surface area (Å²) in [5.74, 6) is 0. The maximum Gasteiger partial charge on any atom is 0.0316 e. The molecule has 0 aliphatic carbocycles. The van der Waals surface area contributed by atoms with Crippen LogP contribution in [0.5, 0.6) is 0 Å². The Morgan fingerprint density at radius 2 is 2.12 bits per heavy atom. The van der Waals surface area contributed by atoms with Crippen LogP contribution in [0.1, 0.15) is 11.1 Å². The number of hydrogen-bond acceptors (Lipinski definition) is 3. The van der Waals surface area contributed by atoms with E-state index in [2.05, 4.69) is 40.9 Å². The fourth-order valence-electron chi connectivity index (χ4n) is 1.84. The lowest BCUT2D eigenvalue weighted by Crippen LogP contribution is -2.20. The molecule has 3 heteroatoms. The van der Waals surface area contributed by atoms with Crippen molar-refractivity contribution < 1.29 is 0 Å². The summed E-state index contributed by atoms with van der Waals surface area (Å²) in [6, 6.07) is 10.3. The van der Waals surface area contributed by atoms with Crippen LogP contribution in [0.4, 0.5) is 5.69 Å². The number of rotatable bonds is 5. The van der Waals surface area contributed by atoms with Crippen LogP contribution in [0, 0.1) is 0 Å². The Morgan fingerprint density at radius 3 is 2.82 bits per heavy atom. The molecule has 0 fully saturated rings. The van der Waals surface area contributed by atoms with Crippen LogP contribution in [0.25, 0.3) is 0 Å². The summed E-state index contributed by atoms with van der Waals surface area (Å²) in [6.45, 7) is 2.07. The zero-order chi connectivity index (χ0) is 12.1. The number of anilines is 1. The van der Waals surface area contributed by atoms with E-state index in [4.69, 9.17) is 5.73 Å². The van der Waals surface area contributed by atoms with E-state index in [0.29, 0.717) is 0 Å². The average Bonchev–Trinajstić information content (AvgIpc) is 2.79. The Morgan fingerprint density at radius 1 is 1.24 bits per heavy atom. The molecule has 0 saturated heterocycles. The molecule has 2 N–H and O–H groups in total. The molecule has 0 unspecified atom stereocenters. The predicted octanol–water partition coefficient (Wildman–Crippen LogP) is 3.00. The largest absolute Gasteiger partial charge is 0.399 e. The first-order valence-corrected chi connectivity index (χ1v) is 6.72. The minimum absolute atomic E-state index is 0.850. The van der Waals surface area contributed by atoms with Crippen molar-refractivity contribution in [1.29, 1.82) is 0 Å².